The molecule has 1 atom stereocenters. The predicted molar refractivity (Wildman–Crippen MR) is 83.7 cm³/mol. The molecule has 4 heteroatoms. The number of nitrogens with zero attached hydrogens (tertiary/aromatic N) is 1. The summed E-state index contributed by atoms with van der Waals surface area (Å²) in [6.07, 6.45) is 4.12. The summed E-state index contributed by atoms with van der Waals surface area (Å²) in [6.45, 7) is 4.51. The standard InChI is InChI=1S/C15H20BrClN2/c16-14-10-12(17)4-5-13(14)15(11-2-1-3-11)19-8-6-18-7-9-19/h4-5,10-11,15,18H,1-3,6-9H2/t15-/m1/s1. The Bertz CT molecular complexity index is 442. The van der Waals surface area contributed by atoms with Gasteiger partial charge in [0.05, 0.1) is 0 Å². The minimum atomic E-state index is 0.558. The normalized spacial score (nSPS) is 23.1. The Hall–Kier alpha value is -0.0900. The number of hydrogen-bond donors (Lipinski definition) is 1. The summed E-state index contributed by atoms with van der Waals surface area (Å²) in [4.78, 5) is 2.65. The summed E-state index contributed by atoms with van der Waals surface area (Å²) < 4.78 is 1.16. The van der Waals surface area contributed by atoms with E-state index in [1.807, 2.05) is 12.1 Å². The van der Waals surface area contributed by atoms with E-state index in [-0.39, 0.29) is 0 Å². The van der Waals surface area contributed by atoms with E-state index in [0.29, 0.717) is 6.04 Å². The molecule has 1 aliphatic heterocycles. The molecule has 104 valence electrons. The van der Waals surface area contributed by atoms with Gasteiger partial charge in [-0.2, -0.15) is 0 Å². The Balaban J connectivity index is 1.88. The van der Waals surface area contributed by atoms with Gasteiger partial charge in [-0.3, -0.25) is 4.90 Å². The minimum Gasteiger partial charge on any atom is -0.314 e. The maximum absolute atomic E-state index is 6.08. The topological polar surface area (TPSA) is 15.3 Å². The van der Waals surface area contributed by atoms with E-state index in [0.717, 1.165) is 41.6 Å². The molecule has 1 aromatic rings. The van der Waals surface area contributed by atoms with Gasteiger partial charge in [0.15, 0.2) is 0 Å². The van der Waals surface area contributed by atoms with Gasteiger partial charge in [0, 0.05) is 41.7 Å². The molecule has 1 saturated heterocycles. The Kier molecular flexibility index (Phi) is 4.47. The first kappa shape index (κ1) is 13.9. The van der Waals surface area contributed by atoms with Crippen molar-refractivity contribution in [3.8, 4) is 0 Å². The van der Waals surface area contributed by atoms with Crippen LogP contribution in [0.1, 0.15) is 30.9 Å². The van der Waals surface area contributed by atoms with Crippen LogP contribution in [0.15, 0.2) is 22.7 Å². The number of nitrogens with one attached hydrogen (secondary N) is 1. The average molecular weight is 344 g/mol. The molecule has 1 aromatic carbocycles. The van der Waals surface area contributed by atoms with Gasteiger partial charge in [-0.25, -0.2) is 0 Å². The SMILES string of the molecule is Clc1ccc([C@@H](C2CCC2)N2CCNCC2)c(Br)c1. The predicted octanol–water partition coefficient (Wildman–Crippen LogP) is 3.85. The van der Waals surface area contributed by atoms with Gasteiger partial charge < -0.3 is 5.32 Å². The highest BCUT2D eigenvalue weighted by molar-refractivity contribution is 9.10. The molecule has 2 aliphatic rings. The summed E-state index contributed by atoms with van der Waals surface area (Å²) in [5, 5.41) is 4.25. The molecule has 0 radical (unpaired) electrons. The highest BCUT2D eigenvalue weighted by Gasteiger charge is 2.34. The van der Waals surface area contributed by atoms with Crippen molar-refractivity contribution < 1.29 is 0 Å². The molecule has 19 heavy (non-hydrogen) atoms. The monoisotopic (exact) mass is 342 g/mol. The second-order valence-electron chi connectivity index (χ2n) is 5.59. The van der Waals surface area contributed by atoms with Crippen molar-refractivity contribution in [2.45, 2.75) is 25.3 Å². The number of hydrogen-bond acceptors (Lipinski definition) is 2. The van der Waals surface area contributed by atoms with Crippen molar-refractivity contribution >= 4 is 27.5 Å². The van der Waals surface area contributed by atoms with Crippen molar-refractivity contribution in [3.63, 3.8) is 0 Å². The lowest BCUT2D eigenvalue weighted by Crippen LogP contribution is -2.47. The van der Waals surface area contributed by atoms with Gasteiger partial charge in [0.1, 0.15) is 0 Å². The lowest BCUT2D eigenvalue weighted by molar-refractivity contribution is 0.0832. The second kappa shape index (κ2) is 6.13. The van der Waals surface area contributed by atoms with Crippen LogP contribution in [0.4, 0.5) is 0 Å². The molecule has 1 aliphatic carbocycles. The number of piperazine rings is 1. The largest absolute Gasteiger partial charge is 0.314 e. The van der Waals surface area contributed by atoms with Crippen LogP contribution in [-0.2, 0) is 0 Å². The van der Waals surface area contributed by atoms with E-state index in [4.69, 9.17) is 11.6 Å². The van der Waals surface area contributed by atoms with E-state index in [1.165, 1.54) is 24.8 Å². The fourth-order valence-corrected chi connectivity index (χ4v) is 4.12. The number of halogens is 2. The van der Waals surface area contributed by atoms with Gasteiger partial charge in [-0.05, 0) is 36.5 Å². The molecule has 0 unspecified atom stereocenters. The molecule has 1 N–H and O–H groups in total. The Morgan fingerprint density at radius 1 is 1.26 bits per heavy atom. The molecule has 1 saturated carbocycles. The van der Waals surface area contributed by atoms with Crippen LogP contribution in [-0.4, -0.2) is 31.1 Å². The maximum Gasteiger partial charge on any atom is 0.0417 e. The minimum absolute atomic E-state index is 0.558. The van der Waals surface area contributed by atoms with E-state index < -0.39 is 0 Å². The maximum atomic E-state index is 6.08. The second-order valence-corrected chi connectivity index (χ2v) is 6.88. The fourth-order valence-electron chi connectivity index (χ4n) is 3.21. The van der Waals surface area contributed by atoms with Gasteiger partial charge >= 0.3 is 0 Å². The fraction of sp³-hybridized carbons (Fsp3) is 0.600. The Labute approximate surface area is 128 Å². The van der Waals surface area contributed by atoms with Crippen molar-refractivity contribution in [1.82, 2.24) is 10.2 Å². The number of benzene rings is 1. The molecule has 0 amide bonds. The third-order valence-electron chi connectivity index (χ3n) is 4.42. The summed E-state index contributed by atoms with van der Waals surface area (Å²) in [7, 11) is 0. The summed E-state index contributed by atoms with van der Waals surface area (Å²) >= 11 is 9.79. The van der Waals surface area contributed by atoms with E-state index in [9.17, 15) is 0 Å². The molecule has 3 rings (SSSR count). The van der Waals surface area contributed by atoms with Crippen LogP contribution in [0.5, 0.6) is 0 Å². The molecular formula is C15H20BrClN2. The molecule has 0 aromatic heterocycles. The van der Waals surface area contributed by atoms with Crippen molar-refractivity contribution in [2.75, 3.05) is 26.2 Å². The van der Waals surface area contributed by atoms with Gasteiger partial charge in [-0.15, -0.1) is 0 Å². The number of rotatable bonds is 3. The highest BCUT2D eigenvalue weighted by atomic mass is 79.9. The van der Waals surface area contributed by atoms with E-state index in [1.54, 1.807) is 0 Å². The van der Waals surface area contributed by atoms with Crippen LogP contribution in [0.2, 0.25) is 5.02 Å². The summed E-state index contributed by atoms with van der Waals surface area (Å²) in [5.41, 5.74) is 1.41. The van der Waals surface area contributed by atoms with Gasteiger partial charge in [0.25, 0.3) is 0 Å². The van der Waals surface area contributed by atoms with E-state index >= 15 is 0 Å². The molecule has 2 fully saturated rings. The lowest BCUT2D eigenvalue weighted by atomic mass is 9.76. The molecule has 0 bridgehead atoms. The Morgan fingerprint density at radius 2 is 2.00 bits per heavy atom. The quantitative estimate of drug-likeness (QED) is 0.897. The first-order valence-corrected chi connectivity index (χ1v) is 8.32. The zero-order valence-electron chi connectivity index (χ0n) is 11.0. The average Bonchev–Trinajstić information content (AvgIpc) is 2.35. The van der Waals surface area contributed by atoms with Crippen LogP contribution in [0, 0.1) is 5.92 Å². The zero-order chi connectivity index (χ0) is 13.2. The van der Waals surface area contributed by atoms with Crippen LogP contribution < -0.4 is 5.32 Å². The van der Waals surface area contributed by atoms with Crippen molar-refractivity contribution in [3.05, 3.63) is 33.3 Å². The van der Waals surface area contributed by atoms with Crippen molar-refractivity contribution in [2.24, 2.45) is 5.92 Å². The van der Waals surface area contributed by atoms with Crippen LogP contribution >= 0.6 is 27.5 Å². The first-order chi connectivity index (χ1) is 9.25. The molecule has 0 spiro atoms. The van der Waals surface area contributed by atoms with Gasteiger partial charge in [-0.1, -0.05) is 40.0 Å². The lowest BCUT2D eigenvalue weighted by Gasteiger charge is -2.43. The smallest absolute Gasteiger partial charge is 0.0417 e. The molecule has 2 nitrogen and oxygen atoms in total. The third kappa shape index (κ3) is 2.99. The summed E-state index contributed by atoms with van der Waals surface area (Å²) in [5.74, 6) is 0.815. The highest BCUT2D eigenvalue weighted by Crippen LogP contribution is 2.43. The van der Waals surface area contributed by atoms with Crippen molar-refractivity contribution in [1.29, 1.82) is 0 Å². The van der Waals surface area contributed by atoms with E-state index in [2.05, 4.69) is 32.2 Å². The first-order valence-electron chi connectivity index (χ1n) is 7.15. The molecular weight excluding hydrogens is 324 g/mol. The van der Waals surface area contributed by atoms with Gasteiger partial charge in [0.2, 0.25) is 0 Å². The molecule has 1 heterocycles. The zero-order valence-corrected chi connectivity index (χ0v) is 13.4. The third-order valence-corrected chi connectivity index (χ3v) is 5.34. The Morgan fingerprint density at radius 3 is 2.58 bits per heavy atom. The summed E-state index contributed by atoms with van der Waals surface area (Å²) in [6, 6.07) is 6.82. The van der Waals surface area contributed by atoms with Crippen LogP contribution in [0.3, 0.4) is 0 Å². The van der Waals surface area contributed by atoms with Crippen LogP contribution in [0.25, 0.3) is 0 Å².